The molecule has 0 aliphatic carbocycles. The number of hydrogen-bond acceptors (Lipinski definition) is 6. The van der Waals surface area contributed by atoms with Crippen molar-refractivity contribution in [1.82, 2.24) is 15.3 Å². The van der Waals surface area contributed by atoms with Gasteiger partial charge in [0.25, 0.3) is 0 Å². The molecule has 0 saturated carbocycles. The van der Waals surface area contributed by atoms with Crippen molar-refractivity contribution in [3.05, 3.63) is 54.2 Å². The number of benzene rings is 1. The average molecular weight is 436 g/mol. The predicted molar refractivity (Wildman–Crippen MR) is 131 cm³/mol. The molecule has 0 spiro atoms. The van der Waals surface area contributed by atoms with Crippen molar-refractivity contribution < 1.29 is 0 Å². The van der Waals surface area contributed by atoms with Crippen molar-refractivity contribution in [2.75, 3.05) is 11.9 Å². The molecule has 1 saturated heterocycles. The number of piperidine rings is 1. The van der Waals surface area contributed by atoms with E-state index in [1.807, 2.05) is 12.3 Å². The number of thiophene rings is 1. The molecule has 0 radical (unpaired) electrons. The molecule has 4 rings (SSSR count). The zero-order valence-corrected chi connectivity index (χ0v) is 19.7. The minimum atomic E-state index is 0.0827. The summed E-state index contributed by atoms with van der Waals surface area (Å²) in [6.45, 7) is 9.72. The van der Waals surface area contributed by atoms with Crippen molar-refractivity contribution in [2.24, 2.45) is 5.73 Å². The van der Waals surface area contributed by atoms with Gasteiger partial charge in [-0.2, -0.15) is 0 Å². The lowest BCUT2D eigenvalue weighted by atomic mass is 9.80. The fourth-order valence-electron chi connectivity index (χ4n) is 4.81. The quantitative estimate of drug-likeness (QED) is 0.502. The Morgan fingerprint density at radius 2 is 1.68 bits per heavy atom. The summed E-state index contributed by atoms with van der Waals surface area (Å²) in [6, 6.07) is 15.3. The molecule has 3 heterocycles. The minimum Gasteiger partial charge on any atom is -0.351 e. The topological polar surface area (TPSA) is 75.9 Å². The Balaban J connectivity index is 1.50. The van der Waals surface area contributed by atoms with Gasteiger partial charge in [0.15, 0.2) is 0 Å². The highest BCUT2D eigenvalue weighted by molar-refractivity contribution is 7.18. The van der Waals surface area contributed by atoms with Gasteiger partial charge in [-0.25, -0.2) is 9.97 Å². The highest BCUT2D eigenvalue weighted by atomic mass is 32.1. The van der Waals surface area contributed by atoms with Crippen LogP contribution in [-0.4, -0.2) is 33.6 Å². The fourth-order valence-corrected chi connectivity index (χ4v) is 5.79. The first kappa shape index (κ1) is 21.9. The van der Waals surface area contributed by atoms with E-state index in [-0.39, 0.29) is 11.1 Å². The van der Waals surface area contributed by atoms with Crippen LogP contribution in [0.4, 0.5) is 5.95 Å². The number of nitrogens with zero attached hydrogens (tertiary/aromatic N) is 2. The summed E-state index contributed by atoms with van der Waals surface area (Å²) in [4.78, 5) is 11.7. The second kappa shape index (κ2) is 8.69. The van der Waals surface area contributed by atoms with Gasteiger partial charge in [0.2, 0.25) is 5.95 Å². The maximum atomic E-state index is 5.66. The maximum absolute atomic E-state index is 5.66. The summed E-state index contributed by atoms with van der Waals surface area (Å²) in [6.07, 6.45) is 4.84. The summed E-state index contributed by atoms with van der Waals surface area (Å²) in [5.41, 5.74) is 9.28. The van der Waals surface area contributed by atoms with E-state index in [0.717, 1.165) is 29.8 Å². The van der Waals surface area contributed by atoms with Crippen molar-refractivity contribution >= 4 is 17.3 Å². The second-order valence-electron chi connectivity index (χ2n) is 9.81. The molecule has 0 atom stereocenters. The Bertz CT molecular complexity index is 1010. The summed E-state index contributed by atoms with van der Waals surface area (Å²) in [5.74, 6) is 0.706. The Kier molecular flexibility index (Phi) is 6.15. The number of nitrogens with two attached hydrogens (primary N) is 1. The fraction of sp³-hybridized carbons (Fsp3) is 0.440. The molecule has 1 aliphatic rings. The van der Waals surface area contributed by atoms with Crippen LogP contribution in [0.25, 0.3) is 21.0 Å². The molecule has 6 heteroatoms. The van der Waals surface area contributed by atoms with Gasteiger partial charge >= 0.3 is 0 Å². The van der Waals surface area contributed by atoms with E-state index in [9.17, 15) is 0 Å². The molecule has 1 aromatic carbocycles. The Hall–Kier alpha value is -2.28. The van der Waals surface area contributed by atoms with E-state index in [0.29, 0.717) is 18.5 Å². The van der Waals surface area contributed by atoms with E-state index in [4.69, 9.17) is 10.7 Å². The average Bonchev–Trinajstić information content (AvgIpc) is 3.17. The van der Waals surface area contributed by atoms with Crippen LogP contribution in [0.15, 0.2) is 48.7 Å². The highest BCUT2D eigenvalue weighted by Gasteiger charge is 2.37. The van der Waals surface area contributed by atoms with Gasteiger partial charge in [0.1, 0.15) is 0 Å². The first-order valence-corrected chi connectivity index (χ1v) is 11.8. The van der Waals surface area contributed by atoms with Gasteiger partial charge in [0.05, 0.1) is 10.6 Å². The largest absolute Gasteiger partial charge is 0.351 e. The first-order valence-electron chi connectivity index (χ1n) is 11.0. The molecule has 164 valence electrons. The Labute approximate surface area is 189 Å². The number of nitrogens with one attached hydrogen (secondary N) is 2. The number of aromatic nitrogens is 2. The SMILES string of the molecule is CC1(C)CC(Nc2nccc(-c3ccc(-c4ccc(CCN)cc4)s3)n2)CC(C)(C)N1. The van der Waals surface area contributed by atoms with Gasteiger partial charge in [-0.3, -0.25) is 0 Å². The molecule has 3 aromatic rings. The standard InChI is InChI=1S/C25H33N5S/c1-24(2)15-19(16-25(3,4)30-24)28-23-27-14-12-20(29-23)22-10-9-21(31-22)18-7-5-17(6-8-18)11-13-26/h5-10,12,14,19,30H,11,13,15-16,26H2,1-4H3,(H,27,28,29). The van der Waals surface area contributed by atoms with Gasteiger partial charge < -0.3 is 16.4 Å². The lowest BCUT2D eigenvalue weighted by Crippen LogP contribution is -2.60. The predicted octanol–water partition coefficient (Wildman–Crippen LogP) is 5.09. The molecule has 2 aromatic heterocycles. The minimum absolute atomic E-state index is 0.0827. The Morgan fingerprint density at radius 1 is 1.00 bits per heavy atom. The molecule has 4 N–H and O–H groups in total. The second-order valence-corrected chi connectivity index (χ2v) is 10.9. The third-order valence-electron chi connectivity index (χ3n) is 5.71. The van der Waals surface area contributed by atoms with Crippen LogP contribution in [-0.2, 0) is 6.42 Å². The van der Waals surface area contributed by atoms with E-state index in [1.54, 1.807) is 11.3 Å². The third-order valence-corrected chi connectivity index (χ3v) is 6.87. The van der Waals surface area contributed by atoms with Crippen molar-refractivity contribution in [2.45, 2.75) is 64.1 Å². The maximum Gasteiger partial charge on any atom is 0.223 e. The molecule has 1 aliphatic heterocycles. The van der Waals surface area contributed by atoms with Crippen LogP contribution in [0.3, 0.4) is 0 Å². The van der Waals surface area contributed by atoms with E-state index >= 15 is 0 Å². The van der Waals surface area contributed by atoms with Crippen molar-refractivity contribution in [3.8, 4) is 21.0 Å². The lowest BCUT2D eigenvalue weighted by Gasteiger charge is -2.46. The highest BCUT2D eigenvalue weighted by Crippen LogP contribution is 2.34. The normalized spacial score (nSPS) is 18.1. The Morgan fingerprint density at radius 3 is 2.35 bits per heavy atom. The third kappa shape index (κ3) is 5.50. The first-order chi connectivity index (χ1) is 14.7. The zero-order valence-electron chi connectivity index (χ0n) is 18.9. The van der Waals surface area contributed by atoms with Crippen LogP contribution in [0.1, 0.15) is 46.1 Å². The van der Waals surface area contributed by atoms with Crippen LogP contribution in [0.2, 0.25) is 0 Å². The van der Waals surface area contributed by atoms with Crippen LogP contribution in [0.5, 0.6) is 0 Å². The zero-order chi connectivity index (χ0) is 22.1. The van der Waals surface area contributed by atoms with Crippen LogP contribution < -0.4 is 16.4 Å². The summed E-state index contributed by atoms with van der Waals surface area (Å²) < 4.78 is 0. The number of hydrogen-bond donors (Lipinski definition) is 3. The molecule has 31 heavy (non-hydrogen) atoms. The molecular formula is C25H33N5S. The summed E-state index contributed by atoms with van der Waals surface area (Å²) >= 11 is 1.76. The summed E-state index contributed by atoms with van der Waals surface area (Å²) in [7, 11) is 0. The monoisotopic (exact) mass is 435 g/mol. The van der Waals surface area contributed by atoms with E-state index < -0.39 is 0 Å². The molecule has 1 fully saturated rings. The van der Waals surface area contributed by atoms with Crippen LogP contribution >= 0.6 is 11.3 Å². The molecule has 0 amide bonds. The van der Waals surface area contributed by atoms with Gasteiger partial charge in [0, 0.05) is 28.2 Å². The molecule has 5 nitrogen and oxygen atoms in total. The molecule has 0 unspecified atom stereocenters. The van der Waals surface area contributed by atoms with E-state index in [1.165, 1.54) is 16.0 Å². The molecule has 0 bridgehead atoms. The van der Waals surface area contributed by atoms with Crippen LogP contribution in [0, 0.1) is 0 Å². The van der Waals surface area contributed by atoms with Crippen molar-refractivity contribution in [1.29, 1.82) is 0 Å². The molecular weight excluding hydrogens is 402 g/mol. The number of rotatable bonds is 6. The summed E-state index contributed by atoms with van der Waals surface area (Å²) in [5, 5.41) is 7.32. The van der Waals surface area contributed by atoms with E-state index in [2.05, 4.69) is 79.7 Å². The smallest absolute Gasteiger partial charge is 0.223 e. The van der Waals surface area contributed by atoms with Crippen molar-refractivity contribution in [3.63, 3.8) is 0 Å². The number of anilines is 1. The van der Waals surface area contributed by atoms with Gasteiger partial charge in [-0.15, -0.1) is 11.3 Å². The lowest BCUT2D eigenvalue weighted by molar-refractivity contribution is 0.170. The van der Waals surface area contributed by atoms with Gasteiger partial charge in [-0.05, 0) is 82.8 Å². The van der Waals surface area contributed by atoms with Gasteiger partial charge in [-0.1, -0.05) is 24.3 Å².